The van der Waals surface area contributed by atoms with Gasteiger partial charge in [0.15, 0.2) is 6.10 Å². The molecule has 0 saturated heterocycles. The summed E-state index contributed by atoms with van der Waals surface area (Å²) in [5, 5.41) is 64.6. The standard InChI is InChI=1S/C35H62N10O14/c1-3-4-5-6-7-8-9-12-25(50)42-21(11-10-14-40-35(38)59)29(52)44-23(18-47)31(54)43-22(13-15-39-32(55)26(37)19(2)48)30(53)45-27(28(51)34(57)58)33(56)41-20(17-46)16-24(36)49/h9,12,19-23,26-28,46-48,51H,3-8,10-11,13-18,37H2,1-2H3,(H2,36,49)(H,39,55)(H,41,56)(H,42,50)(H,43,54)(H,44,52)(H,45,53)(H,57,58)(H3,38,40,59)/b12-9-/t19-,20-,21+,22-,23-,26-,27-,28+/m0/s1. The Morgan fingerprint density at radius 3 is 1.81 bits per heavy atom. The van der Waals surface area contributed by atoms with Crippen LogP contribution in [-0.2, 0) is 38.4 Å². The van der Waals surface area contributed by atoms with Gasteiger partial charge in [0, 0.05) is 19.5 Å². The number of allylic oxidation sites excluding steroid dienone is 1. The van der Waals surface area contributed by atoms with Crippen LogP contribution in [-0.4, -0.2) is 154 Å². The third-order valence-electron chi connectivity index (χ3n) is 8.51. The quantitative estimate of drug-likeness (QED) is 0.0228. The fourth-order valence-electron chi connectivity index (χ4n) is 5.13. The number of hydrogen-bond acceptors (Lipinski definition) is 14. The zero-order valence-electron chi connectivity index (χ0n) is 33.3. The van der Waals surface area contributed by atoms with Crippen molar-refractivity contribution in [2.45, 2.75) is 127 Å². The average molecular weight is 847 g/mol. The topological polar surface area (TPSA) is 417 Å². The molecule has 24 nitrogen and oxygen atoms in total. The molecule has 0 spiro atoms. The highest BCUT2D eigenvalue weighted by Gasteiger charge is 2.37. The molecule has 0 heterocycles. The van der Waals surface area contributed by atoms with Crippen molar-refractivity contribution in [1.29, 1.82) is 0 Å². The highest BCUT2D eigenvalue weighted by Crippen LogP contribution is 2.07. The molecule has 0 radical (unpaired) electrons. The van der Waals surface area contributed by atoms with Crippen LogP contribution in [0.5, 0.6) is 0 Å². The SMILES string of the molecule is CCCCCCC/C=C\C(=O)N[C@H](CCCNC(N)=O)C(=O)N[C@@H](CO)C(=O)N[C@@H](CCNC(=O)[C@@H](N)[C@H](C)O)C(=O)N[C@H](C(=O)N[C@H](CO)CC(N)=O)[C@@H](O)C(=O)O. The summed E-state index contributed by atoms with van der Waals surface area (Å²) < 4.78 is 0. The van der Waals surface area contributed by atoms with Gasteiger partial charge in [-0.2, -0.15) is 0 Å². The summed E-state index contributed by atoms with van der Waals surface area (Å²) in [6.07, 6.45) is 3.51. The Bertz CT molecular complexity index is 1430. The summed E-state index contributed by atoms with van der Waals surface area (Å²) in [6.45, 7) is 0.957. The summed E-state index contributed by atoms with van der Waals surface area (Å²) in [4.78, 5) is 113. The number of hydrogen-bond donors (Lipinski definition) is 15. The van der Waals surface area contributed by atoms with Crippen molar-refractivity contribution in [2.24, 2.45) is 17.2 Å². The van der Waals surface area contributed by atoms with Crippen molar-refractivity contribution in [2.75, 3.05) is 26.3 Å². The smallest absolute Gasteiger partial charge is 0.335 e. The fourth-order valence-corrected chi connectivity index (χ4v) is 5.13. The number of carboxylic acid groups (broad SMARTS) is 1. The summed E-state index contributed by atoms with van der Waals surface area (Å²) in [5.41, 5.74) is 15.8. The molecule has 59 heavy (non-hydrogen) atoms. The van der Waals surface area contributed by atoms with E-state index in [1.54, 1.807) is 6.08 Å². The van der Waals surface area contributed by atoms with E-state index in [1.165, 1.54) is 13.0 Å². The molecule has 18 N–H and O–H groups in total. The normalized spacial score (nSPS) is 15.2. The van der Waals surface area contributed by atoms with E-state index in [4.69, 9.17) is 17.2 Å². The monoisotopic (exact) mass is 846 g/mol. The lowest BCUT2D eigenvalue weighted by atomic mass is 10.1. The van der Waals surface area contributed by atoms with E-state index in [9.17, 15) is 68.7 Å². The van der Waals surface area contributed by atoms with E-state index in [0.717, 1.165) is 32.1 Å². The van der Waals surface area contributed by atoms with Crippen LogP contribution in [0.2, 0.25) is 0 Å². The van der Waals surface area contributed by atoms with E-state index in [0.29, 0.717) is 6.42 Å². The van der Waals surface area contributed by atoms with Gasteiger partial charge in [0.05, 0.1) is 25.4 Å². The van der Waals surface area contributed by atoms with Crippen molar-refractivity contribution in [1.82, 2.24) is 37.2 Å². The number of carboxylic acids is 1. The van der Waals surface area contributed by atoms with Crippen molar-refractivity contribution in [3.8, 4) is 0 Å². The van der Waals surface area contributed by atoms with Gasteiger partial charge in [-0.15, -0.1) is 0 Å². The number of urea groups is 1. The van der Waals surface area contributed by atoms with Crippen LogP contribution < -0.4 is 54.4 Å². The largest absolute Gasteiger partial charge is 0.479 e. The molecule has 0 rings (SSSR count). The molecule has 0 saturated carbocycles. The number of aliphatic carboxylic acids is 1. The Labute approximate surface area is 341 Å². The van der Waals surface area contributed by atoms with Crippen molar-refractivity contribution >= 4 is 53.4 Å². The fraction of sp³-hybridized carbons (Fsp3) is 0.686. The highest BCUT2D eigenvalue weighted by molar-refractivity contribution is 5.98. The number of amides is 9. The molecule has 9 amide bonds. The Morgan fingerprint density at radius 2 is 1.25 bits per heavy atom. The zero-order chi connectivity index (χ0) is 45.1. The van der Waals surface area contributed by atoms with Crippen LogP contribution >= 0.6 is 0 Å². The molecule has 8 atom stereocenters. The van der Waals surface area contributed by atoms with Gasteiger partial charge in [-0.1, -0.05) is 38.7 Å². The van der Waals surface area contributed by atoms with Gasteiger partial charge in [-0.25, -0.2) is 9.59 Å². The second-order valence-corrected chi connectivity index (χ2v) is 13.6. The first kappa shape index (κ1) is 53.6. The molecule has 24 heteroatoms. The molecular weight excluding hydrogens is 784 g/mol. The van der Waals surface area contributed by atoms with Crippen LogP contribution in [0, 0.1) is 0 Å². The van der Waals surface area contributed by atoms with Gasteiger partial charge in [0.2, 0.25) is 41.4 Å². The van der Waals surface area contributed by atoms with Crippen molar-refractivity contribution < 1.29 is 68.7 Å². The second kappa shape index (κ2) is 29.7. The number of rotatable bonds is 31. The predicted molar refractivity (Wildman–Crippen MR) is 208 cm³/mol. The lowest BCUT2D eigenvalue weighted by molar-refractivity contribution is -0.152. The van der Waals surface area contributed by atoms with Crippen LogP contribution in [0.25, 0.3) is 0 Å². The lowest BCUT2D eigenvalue weighted by Crippen LogP contribution is -2.62. The van der Waals surface area contributed by atoms with Gasteiger partial charge in [0.1, 0.15) is 30.2 Å². The summed E-state index contributed by atoms with van der Waals surface area (Å²) in [6, 6.07) is -10.8. The summed E-state index contributed by atoms with van der Waals surface area (Å²) in [5.74, 6) is -9.41. The van der Waals surface area contributed by atoms with Crippen LogP contribution in [0.4, 0.5) is 4.79 Å². The zero-order valence-corrected chi connectivity index (χ0v) is 33.3. The van der Waals surface area contributed by atoms with Gasteiger partial charge in [0.25, 0.3) is 0 Å². The van der Waals surface area contributed by atoms with Crippen LogP contribution in [0.3, 0.4) is 0 Å². The van der Waals surface area contributed by atoms with Crippen molar-refractivity contribution in [3.63, 3.8) is 0 Å². The molecule has 0 unspecified atom stereocenters. The minimum atomic E-state index is -2.62. The summed E-state index contributed by atoms with van der Waals surface area (Å²) >= 11 is 0. The Kier molecular flexibility index (Phi) is 27.0. The summed E-state index contributed by atoms with van der Waals surface area (Å²) in [7, 11) is 0. The highest BCUT2D eigenvalue weighted by atomic mass is 16.4. The number of aliphatic hydroxyl groups excluding tert-OH is 4. The average Bonchev–Trinajstić information content (AvgIpc) is 3.17. The molecule has 0 aliphatic carbocycles. The maximum Gasteiger partial charge on any atom is 0.335 e. The van der Waals surface area contributed by atoms with Gasteiger partial charge in [-0.3, -0.25) is 33.6 Å². The van der Waals surface area contributed by atoms with Gasteiger partial charge >= 0.3 is 12.0 Å². The van der Waals surface area contributed by atoms with Gasteiger partial charge < -0.3 is 80.0 Å². The number of carbonyl (C=O) groups is 9. The Morgan fingerprint density at radius 1 is 0.661 bits per heavy atom. The first-order chi connectivity index (χ1) is 27.8. The molecule has 0 aliphatic heterocycles. The first-order valence-corrected chi connectivity index (χ1v) is 19.1. The van der Waals surface area contributed by atoms with E-state index < -0.39 is 134 Å². The third-order valence-corrected chi connectivity index (χ3v) is 8.51. The number of primary amides is 2. The lowest BCUT2D eigenvalue weighted by Gasteiger charge is -2.27. The van der Waals surface area contributed by atoms with Crippen LogP contribution in [0.1, 0.15) is 78.1 Å². The maximum atomic E-state index is 13.5. The van der Waals surface area contributed by atoms with E-state index >= 15 is 0 Å². The van der Waals surface area contributed by atoms with Gasteiger partial charge in [-0.05, 0) is 45.1 Å². The molecular formula is C35H62N10O14. The van der Waals surface area contributed by atoms with Crippen molar-refractivity contribution in [3.05, 3.63) is 12.2 Å². The second-order valence-electron chi connectivity index (χ2n) is 13.6. The minimum Gasteiger partial charge on any atom is -0.479 e. The number of carbonyl (C=O) groups excluding carboxylic acids is 8. The number of nitrogens with one attached hydrogen (secondary N) is 7. The number of aliphatic hydroxyl groups is 4. The Balaban J connectivity index is 6.29. The molecule has 0 bridgehead atoms. The first-order valence-electron chi connectivity index (χ1n) is 19.1. The number of unbranched alkanes of at least 4 members (excludes halogenated alkanes) is 5. The minimum absolute atomic E-state index is 0.0172. The molecule has 0 aromatic heterocycles. The Hall–Kier alpha value is -5.43. The molecule has 0 aromatic rings. The van der Waals surface area contributed by atoms with E-state index in [2.05, 4.69) is 38.8 Å². The van der Waals surface area contributed by atoms with E-state index in [1.807, 2.05) is 5.32 Å². The molecule has 336 valence electrons. The third kappa shape index (κ3) is 22.9. The maximum absolute atomic E-state index is 13.5. The number of nitrogens with two attached hydrogens (primary N) is 3. The molecule has 0 fully saturated rings. The van der Waals surface area contributed by atoms with E-state index in [-0.39, 0.29) is 19.4 Å². The van der Waals surface area contributed by atoms with Crippen LogP contribution in [0.15, 0.2) is 12.2 Å². The molecule has 0 aromatic carbocycles. The predicted octanol–water partition coefficient (Wildman–Crippen LogP) is -5.70. The molecule has 0 aliphatic rings.